The van der Waals surface area contributed by atoms with Crippen LogP contribution in [-0.2, 0) is 9.53 Å². The second kappa shape index (κ2) is 5.50. The molecule has 4 nitrogen and oxygen atoms in total. The zero-order valence-electron chi connectivity index (χ0n) is 8.36. The fourth-order valence-corrected chi connectivity index (χ4v) is 1.25. The highest BCUT2D eigenvalue weighted by molar-refractivity contribution is 9.10. The third-order valence-corrected chi connectivity index (χ3v) is 2.33. The van der Waals surface area contributed by atoms with Gasteiger partial charge in [0.25, 0.3) is 0 Å². The standard InChI is InChI=1S/C10H10BrNO3/c1-14-9-5-7(8(11)6-12-9)3-4-10(13)15-2/h3-6H,1-2H3/b4-3+. The lowest BCUT2D eigenvalue weighted by Gasteiger charge is -2.01. The number of carbonyl (C=O) groups is 1. The molecule has 0 spiro atoms. The molecule has 0 aromatic carbocycles. The monoisotopic (exact) mass is 271 g/mol. The van der Waals surface area contributed by atoms with E-state index in [0.29, 0.717) is 5.88 Å². The smallest absolute Gasteiger partial charge is 0.330 e. The molecule has 15 heavy (non-hydrogen) atoms. The lowest BCUT2D eigenvalue weighted by atomic mass is 10.2. The Labute approximate surface area is 96.0 Å². The van der Waals surface area contributed by atoms with Gasteiger partial charge in [-0.1, -0.05) is 0 Å². The number of carbonyl (C=O) groups excluding carboxylic acids is 1. The van der Waals surface area contributed by atoms with Crippen molar-refractivity contribution in [1.29, 1.82) is 0 Å². The zero-order valence-corrected chi connectivity index (χ0v) is 9.95. The molecule has 1 aromatic rings. The highest BCUT2D eigenvalue weighted by Crippen LogP contribution is 2.20. The quantitative estimate of drug-likeness (QED) is 0.624. The van der Waals surface area contributed by atoms with Crippen LogP contribution in [0, 0.1) is 0 Å². The van der Waals surface area contributed by atoms with Gasteiger partial charge in [-0.15, -0.1) is 0 Å². The van der Waals surface area contributed by atoms with Crippen LogP contribution in [-0.4, -0.2) is 25.2 Å². The van der Waals surface area contributed by atoms with E-state index in [9.17, 15) is 4.79 Å². The average Bonchev–Trinajstić information content (AvgIpc) is 2.27. The molecule has 0 atom stereocenters. The number of aromatic nitrogens is 1. The van der Waals surface area contributed by atoms with Gasteiger partial charge >= 0.3 is 5.97 Å². The number of ether oxygens (including phenoxy) is 2. The van der Waals surface area contributed by atoms with Crippen molar-refractivity contribution in [2.24, 2.45) is 0 Å². The van der Waals surface area contributed by atoms with E-state index >= 15 is 0 Å². The molecule has 0 N–H and O–H groups in total. The molecule has 0 aliphatic rings. The van der Waals surface area contributed by atoms with E-state index in [0.717, 1.165) is 10.0 Å². The second-order valence-corrected chi connectivity index (χ2v) is 3.46. The molecular weight excluding hydrogens is 262 g/mol. The molecule has 0 saturated carbocycles. The Balaban J connectivity index is 2.93. The van der Waals surface area contributed by atoms with Crippen molar-refractivity contribution in [3.05, 3.63) is 28.4 Å². The normalized spacial score (nSPS) is 10.3. The van der Waals surface area contributed by atoms with Gasteiger partial charge in [-0.25, -0.2) is 9.78 Å². The third kappa shape index (κ3) is 3.36. The zero-order chi connectivity index (χ0) is 11.3. The largest absolute Gasteiger partial charge is 0.481 e. The van der Waals surface area contributed by atoms with Crippen molar-refractivity contribution in [3.63, 3.8) is 0 Å². The van der Waals surface area contributed by atoms with Gasteiger partial charge in [0.2, 0.25) is 5.88 Å². The lowest BCUT2D eigenvalue weighted by Crippen LogP contribution is -1.94. The molecule has 0 bridgehead atoms. The number of pyridine rings is 1. The first-order valence-corrected chi connectivity index (χ1v) is 4.92. The Bertz CT molecular complexity index is 390. The molecule has 1 aromatic heterocycles. The molecule has 0 radical (unpaired) electrons. The summed E-state index contributed by atoms with van der Waals surface area (Å²) in [6.07, 6.45) is 4.56. The molecule has 0 unspecified atom stereocenters. The van der Waals surface area contributed by atoms with Gasteiger partial charge in [-0.2, -0.15) is 0 Å². The summed E-state index contributed by atoms with van der Waals surface area (Å²) in [5, 5.41) is 0. The van der Waals surface area contributed by atoms with E-state index in [4.69, 9.17) is 4.74 Å². The van der Waals surface area contributed by atoms with E-state index in [2.05, 4.69) is 25.7 Å². The molecule has 0 aliphatic heterocycles. The average molecular weight is 272 g/mol. The van der Waals surface area contributed by atoms with E-state index < -0.39 is 5.97 Å². The molecule has 0 saturated heterocycles. The summed E-state index contributed by atoms with van der Waals surface area (Å²) in [5.74, 6) is 0.0837. The molecular formula is C10H10BrNO3. The predicted molar refractivity (Wildman–Crippen MR) is 59.5 cm³/mol. The minimum Gasteiger partial charge on any atom is -0.481 e. The third-order valence-electron chi connectivity index (χ3n) is 1.67. The second-order valence-electron chi connectivity index (χ2n) is 2.60. The number of methoxy groups -OCH3 is 2. The molecule has 0 amide bonds. The SMILES string of the molecule is COC(=O)/C=C/c1cc(OC)ncc1Br. The van der Waals surface area contributed by atoms with E-state index in [1.54, 1.807) is 18.3 Å². The van der Waals surface area contributed by atoms with Crippen LogP contribution in [0.25, 0.3) is 6.08 Å². The van der Waals surface area contributed by atoms with Crippen molar-refractivity contribution in [1.82, 2.24) is 4.98 Å². The van der Waals surface area contributed by atoms with Gasteiger partial charge in [0, 0.05) is 22.8 Å². The number of rotatable bonds is 3. The number of esters is 1. The fourth-order valence-electron chi connectivity index (χ4n) is 0.899. The predicted octanol–water partition coefficient (Wildman–Crippen LogP) is 2.04. The maximum absolute atomic E-state index is 10.9. The van der Waals surface area contributed by atoms with Crippen LogP contribution in [0.4, 0.5) is 0 Å². The summed E-state index contributed by atoms with van der Waals surface area (Å²) in [4.78, 5) is 14.9. The fraction of sp³-hybridized carbons (Fsp3) is 0.200. The van der Waals surface area contributed by atoms with Crippen LogP contribution < -0.4 is 4.74 Å². The molecule has 1 rings (SSSR count). The van der Waals surface area contributed by atoms with Crippen molar-refractivity contribution in [3.8, 4) is 5.88 Å². The van der Waals surface area contributed by atoms with Crippen LogP contribution in [0.1, 0.15) is 5.56 Å². The summed E-state index contributed by atoms with van der Waals surface area (Å²) >= 11 is 3.31. The van der Waals surface area contributed by atoms with Crippen LogP contribution >= 0.6 is 15.9 Å². The highest BCUT2D eigenvalue weighted by atomic mass is 79.9. The van der Waals surface area contributed by atoms with E-state index in [-0.39, 0.29) is 0 Å². The molecule has 0 aliphatic carbocycles. The summed E-state index contributed by atoms with van der Waals surface area (Å²) in [6, 6.07) is 1.71. The van der Waals surface area contributed by atoms with E-state index in [1.165, 1.54) is 20.3 Å². The Kier molecular flexibility index (Phi) is 4.30. The van der Waals surface area contributed by atoms with E-state index in [1.807, 2.05) is 0 Å². The molecule has 80 valence electrons. The van der Waals surface area contributed by atoms with Crippen molar-refractivity contribution in [2.75, 3.05) is 14.2 Å². The first-order valence-electron chi connectivity index (χ1n) is 4.13. The van der Waals surface area contributed by atoms with Gasteiger partial charge in [-0.3, -0.25) is 0 Å². The first-order chi connectivity index (χ1) is 7.17. The lowest BCUT2D eigenvalue weighted by molar-refractivity contribution is -0.134. The summed E-state index contributed by atoms with van der Waals surface area (Å²) in [6.45, 7) is 0. The van der Waals surface area contributed by atoms with Gasteiger partial charge < -0.3 is 9.47 Å². The minimum atomic E-state index is -0.405. The first kappa shape index (κ1) is 11.7. The van der Waals surface area contributed by atoms with Crippen LogP contribution in [0.5, 0.6) is 5.88 Å². The summed E-state index contributed by atoms with van der Waals surface area (Å²) in [7, 11) is 2.86. The summed E-state index contributed by atoms with van der Waals surface area (Å²) < 4.78 is 10.2. The maximum atomic E-state index is 10.9. The van der Waals surface area contributed by atoms with Gasteiger partial charge in [-0.05, 0) is 27.6 Å². The summed E-state index contributed by atoms with van der Waals surface area (Å²) in [5.41, 5.74) is 0.798. The van der Waals surface area contributed by atoms with Gasteiger partial charge in [0.05, 0.1) is 14.2 Å². The Morgan fingerprint density at radius 3 is 2.87 bits per heavy atom. The number of nitrogens with zero attached hydrogens (tertiary/aromatic N) is 1. The highest BCUT2D eigenvalue weighted by Gasteiger charge is 2.01. The number of hydrogen-bond acceptors (Lipinski definition) is 4. The van der Waals surface area contributed by atoms with Crippen LogP contribution in [0.15, 0.2) is 22.8 Å². The number of halogens is 1. The van der Waals surface area contributed by atoms with Crippen molar-refractivity contribution in [2.45, 2.75) is 0 Å². The topological polar surface area (TPSA) is 48.4 Å². The maximum Gasteiger partial charge on any atom is 0.330 e. The Hall–Kier alpha value is -1.36. The van der Waals surface area contributed by atoms with Gasteiger partial charge in [0.15, 0.2) is 0 Å². The van der Waals surface area contributed by atoms with Crippen molar-refractivity contribution < 1.29 is 14.3 Å². The number of hydrogen-bond donors (Lipinski definition) is 0. The molecule has 0 fully saturated rings. The molecule has 5 heteroatoms. The molecule has 1 heterocycles. The Morgan fingerprint density at radius 2 is 2.27 bits per heavy atom. The van der Waals surface area contributed by atoms with Gasteiger partial charge in [0.1, 0.15) is 0 Å². The van der Waals surface area contributed by atoms with Crippen LogP contribution in [0.2, 0.25) is 0 Å². The minimum absolute atomic E-state index is 0.405. The Morgan fingerprint density at radius 1 is 1.53 bits per heavy atom. The van der Waals surface area contributed by atoms with Crippen LogP contribution in [0.3, 0.4) is 0 Å². The van der Waals surface area contributed by atoms with Crippen molar-refractivity contribution >= 4 is 28.0 Å².